The van der Waals surface area contributed by atoms with Gasteiger partial charge >= 0.3 is 0 Å². The highest BCUT2D eigenvalue weighted by Gasteiger charge is 2.23. The van der Waals surface area contributed by atoms with Gasteiger partial charge in [-0.05, 0) is 32.6 Å². The predicted octanol–water partition coefficient (Wildman–Crippen LogP) is 1.92. The molecule has 0 aromatic rings. The molecule has 2 N–H and O–H groups in total. The zero-order chi connectivity index (χ0) is 9.84. The van der Waals surface area contributed by atoms with Gasteiger partial charge < -0.3 is 10.4 Å². The molecule has 0 saturated heterocycles. The monoisotopic (exact) mass is 185 g/mol. The summed E-state index contributed by atoms with van der Waals surface area (Å²) in [4.78, 5) is 0. The van der Waals surface area contributed by atoms with Crippen molar-refractivity contribution in [2.75, 3.05) is 0 Å². The Labute approximate surface area is 81.7 Å². The van der Waals surface area contributed by atoms with E-state index in [0.717, 1.165) is 5.92 Å². The normalized spacial score (nSPS) is 34.2. The Kier molecular flexibility index (Phi) is 4.20. The molecule has 0 aromatic heterocycles. The highest BCUT2D eigenvalue weighted by atomic mass is 16.3. The van der Waals surface area contributed by atoms with Crippen LogP contribution in [0.3, 0.4) is 0 Å². The molecule has 78 valence electrons. The number of hydrogen-bond donors (Lipinski definition) is 2. The van der Waals surface area contributed by atoms with E-state index in [1.165, 1.54) is 25.7 Å². The van der Waals surface area contributed by atoms with E-state index in [1.807, 2.05) is 6.92 Å². The van der Waals surface area contributed by atoms with E-state index < -0.39 is 0 Å². The molecule has 0 aromatic carbocycles. The lowest BCUT2D eigenvalue weighted by Crippen LogP contribution is -2.46. The van der Waals surface area contributed by atoms with Crippen molar-refractivity contribution in [3.8, 4) is 0 Å². The van der Waals surface area contributed by atoms with E-state index >= 15 is 0 Å². The second-order valence-corrected chi connectivity index (χ2v) is 4.56. The maximum atomic E-state index is 9.38. The van der Waals surface area contributed by atoms with Crippen molar-refractivity contribution in [2.45, 2.75) is 64.6 Å². The number of aliphatic hydroxyl groups is 1. The van der Waals surface area contributed by atoms with Gasteiger partial charge in [-0.2, -0.15) is 0 Å². The Hall–Kier alpha value is -0.0800. The number of aliphatic hydroxyl groups excluding tert-OH is 1. The van der Waals surface area contributed by atoms with Crippen LogP contribution in [0.1, 0.15) is 46.5 Å². The van der Waals surface area contributed by atoms with Crippen LogP contribution in [0.25, 0.3) is 0 Å². The van der Waals surface area contributed by atoms with Crippen molar-refractivity contribution in [3.63, 3.8) is 0 Å². The molecule has 0 amide bonds. The average molecular weight is 185 g/mol. The minimum atomic E-state index is -0.242. The summed E-state index contributed by atoms with van der Waals surface area (Å²) in [5.74, 6) is 0.773. The van der Waals surface area contributed by atoms with Crippen LogP contribution >= 0.6 is 0 Å². The second-order valence-electron chi connectivity index (χ2n) is 4.56. The molecule has 13 heavy (non-hydrogen) atoms. The molecule has 1 fully saturated rings. The fourth-order valence-electron chi connectivity index (χ4n) is 2.04. The number of hydrogen-bond acceptors (Lipinski definition) is 2. The van der Waals surface area contributed by atoms with Crippen LogP contribution in [0.5, 0.6) is 0 Å². The van der Waals surface area contributed by atoms with E-state index in [1.54, 1.807) is 0 Å². The zero-order valence-corrected chi connectivity index (χ0v) is 9.09. The average Bonchev–Trinajstić information content (AvgIpc) is 2.08. The van der Waals surface area contributed by atoms with E-state index in [-0.39, 0.29) is 12.1 Å². The zero-order valence-electron chi connectivity index (χ0n) is 9.09. The fourth-order valence-corrected chi connectivity index (χ4v) is 2.04. The van der Waals surface area contributed by atoms with Crippen molar-refractivity contribution >= 4 is 0 Å². The molecule has 0 heterocycles. The minimum Gasteiger partial charge on any atom is -0.392 e. The van der Waals surface area contributed by atoms with Crippen molar-refractivity contribution in [1.82, 2.24) is 5.32 Å². The van der Waals surface area contributed by atoms with Gasteiger partial charge in [0.15, 0.2) is 0 Å². The summed E-state index contributed by atoms with van der Waals surface area (Å²) in [6.07, 6.45) is 5.09. The van der Waals surface area contributed by atoms with Gasteiger partial charge in [-0.3, -0.25) is 0 Å². The Morgan fingerprint density at radius 1 is 1.23 bits per heavy atom. The number of rotatable bonds is 3. The Bertz CT molecular complexity index is 147. The largest absolute Gasteiger partial charge is 0.392 e. The Morgan fingerprint density at radius 3 is 2.38 bits per heavy atom. The summed E-state index contributed by atoms with van der Waals surface area (Å²) in [5, 5.41) is 12.9. The molecule has 1 aliphatic rings. The smallest absolute Gasteiger partial charge is 0.0662 e. The van der Waals surface area contributed by atoms with Crippen LogP contribution in [0.15, 0.2) is 0 Å². The maximum Gasteiger partial charge on any atom is 0.0662 e. The Morgan fingerprint density at radius 2 is 1.85 bits per heavy atom. The van der Waals surface area contributed by atoms with Gasteiger partial charge in [-0.15, -0.1) is 0 Å². The van der Waals surface area contributed by atoms with Crippen LogP contribution in [-0.2, 0) is 0 Å². The van der Waals surface area contributed by atoms with Gasteiger partial charge in [0, 0.05) is 12.1 Å². The van der Waals surface area contributed by atoms with E-state index in [2.05, 4.69) is 19.2 Å². The fraction of sp³-hybridized carbons (Fsp3) is 1.00. The first kappa shape index (κ1) is 11.0. The minimum absolute atomic E-state index is 0.227. The van der Waals surface area contributed by atoms with E-state index in [4.69, 9.17) is 0 Å². The molecule has 0 aliphatic heterocycles. The summed E-state index contributed by atoms with van der Waals surface area (Å²) < 4.78 is 0. The lowest BCUT2D eigenvalue weighted by molar-refractivity contribution is 0.131. The van der Waals surface area contributed by atoms with Gasteiger partial charge in [-0.1, -0.05) is 19.8 Å². The predicted molar refractivity (Wildman–Crippen MR) is 55.7 cm³/mol. The molecule has 2 nitrogen and oxygen atoms in total. The first-order valence-corrected chi connectivity index (χ1v) is 5.55. The summed E-state index contributed by atoms with van der Waals surface area (Å²) in [6, 6.07) is 0.851. The summed E-state index contributed by atoms with van der Waals surface area (Å²) in [6.45, 7) is 6.22. The van der Waals surface area contributed by atoms with Gasteiger partial charge in [0.25, 0.3) is 0 Å². The van der Waals surface area contributed by atoms with Crippen molar-refractivity contribution in [1.29, 1.82) is 0 Å². The molecule has 1 rings (SSSR count). The molecule has 4 atom stereocenters. The lowest BCUT2D eigenvalue weighted by atomic mass is 9.85. The molecule has 4 unspecified atom stereocenters. The Balaban J connectivity index is 2.33. The first-order chi connectivity index (χ1) is 6.11. The van der Waals surface area contributed by atoms with Crippen LogP contribution in [0.2, 0.25) is 0 Å². The first-order valence-electron chi connectivity index (χ1n) is 5.55. The van der Waals surface area contributed by atoms with Crippen molar-refractivity contribution in [3.05, 3.63) is 0 Å². The van der Waals surface area contributed by atoms with Crippen LogP contribution < -0.4 is 5.32 Å². The van der Waals surface area contributed by atoms with Crippen LogP contribution in [-0.4, -0.2) is 23.3 Å². The lowest BCUT2D eigenvalue weighted by Gasteiger charge is -2.33. The molecule has 1 saturated carbocycles. The quantitative estimate of drug-likeness (QED) is 0.704. The topological polar surface area (TPSA) is 32.3 Å². The number of nitrogens with one attached hydrogen (secondary N) is 1. The van der Waals surface area contributed by atoms with E-state index in [0.29, 0.717) is 6.04 Å². The van der Waals surface area contributed by atoms with Crippen molar-refractivity contribution in [2.24, 2.45) is 5.92 Å². The molecule has 0 bridgehead atoms. The molecule has 1 aliphatic carbocycles. The molecule has 0 spiro atoms. The second kappa shape index (κ2) is 4.97. The SMILES string of the molecule is CC(O)C(C)NC1CCCCC1C. The summed E-state index contributed by atoms with van der Waals surface area (Å²) >= 11 is 0. The highest BCUT2D eigenvalue weighted by Crippen LogP contribution is 2.24. The van der Waals surface area contributed by atoms with Gasteiger partial charge in [0.1, 0.15) is 0 Å². The van der Waals surface area contributed by atoms with Gasteiger partial charge in [-0.25, -0.2) is 0 Å². The molecular weight excluding hydrogens is 162 g/mol. The van der Waals surface area contributed by atoms with E-state index in [9.17, 15) is 5.11 Å². The molecular formula is C11H23NO. The maximum absolute atomic E-state index is 9.38. The third-order valence-corrected chi connectivity index (χ3v) is 3.31. The van der Waals surface area contributed by atoms with Crippen LogP contribution in [0.4, 0.5) is 0 Å². The summed E-state index contributed by atoms with van der Waals surface area (Å²) in [5.41, 5.74) is 0. The van der Waals surface area contributed by atoms with Gasteiger partial charge in [0.05, 0.1) is 6.10 Å². The molecule has 0 radical (unpaired) electrons. The third-order valence-electron chi connectivity index (χ3n) is 3.31. The molecule has 2 heteroatoms. The highest BCUT2D eigenvalue weighted by molar-refractivity contribution is 4.81. The van der Waals surface area contributed by atoms with Crippen molar-refractivity contribution < 1.29 is 5.11 Å². The third kappa shape index (κ3) is 3.28. The van der Waals surface area contributed by atoms with Gasteiger partial charge in [0.2, 0.25) is 0 Å². The standard InChI is InChI=1S/C11H23NO/c1-8-6-4-5-7-11(8)12-9(2)10(3)13/h8-13H,4-7H2,1-3H3. The summed E-state index contributed by atoms with van der Waals surface area (Å²) in [7, 11) is 0. The van der Waals surface area contributed by atoms with Crippen LogP contribution in [0, 0.1) is 5.92 Å².